The van der Waals surface area contributed by atoms with Crippen molar-refractivity contribution in [2.24, 2.45) is 0 Å². The highest BCUT2D eigenvalue weighted by Gasteiger charge is 2.00. The third kappa shape index (κ3) is 5.56. The van der Waals surface area contributed by atoms with E-state index < -0.39 is 12.1 Å². The summed E-state index contributed by atoms with van der Waals surface area (Å²) in [6, 6.07) is 0. The quantitative estimate of drug-likeness (QED) is 0.576. The molecule has 3 nitrogen and oxygen atoms in total. The number of aliphatic hydroxyl groups is 1. The summed E-state index contributed by atoms with van der Waals surface area (Å²) in [5, 5.41) is 18.9. The Bertz CT molecular complexity index is 101. The fourth-order valence-corrected chi connectivity index (χ4v) is 0.762. The van der Waals surface area contributed by atoms with Crippen LogP contribution in [-0.2, 0) is 4.79 Å². The molecule has 0 aromatic rings. The molecule has 0 radical (unpaired) electrons. The number of hydrogen-bond donors (Lipinski definition) is 1. The second-order valence-electron chi connectivity index (χ2n) is 2.35. The number of carbonyl (C=O) groups excluding carboxylic acids is 1. The smallest absolute Gasteiger partial charge is 0.0543 e. The molecule has 0 bridgehead atoms. The van der Waals surface area contributed by atoms with Gasteiger partial charge in [0.1, 0.15) is 0 Å². The topological polar surface area (TPSA) is 60.4 Å². The van der Waals surface area contributed by atoms with E-state index in [0.717, 1.165) is 6.42 Å². The van der Waals surface area contributed by atoms with E-state index in [1.54, 1.807) is 0 Å². The highest BCUT2D eigenvalue weighted by Crippen LogP contribution is 2.02. The first-order valence-corrected chi connectivity index (χ1v) is 3.54. The monoisotopic (exact) mass is 145 g/mol. The zero-order chi connectivity index (χ0) is 7.98. The highest BCUT2D eigenvalue weighted by molar-refractivity contribution is 5.64. The van der Waals surface area contributed by atoms with Crippen molar-refractivity contribution >= 4 is 5.97 Å². The van der Waals surface area contributed by atoms with Gasteiger partial charge in [0.15, 0.2) is 0 Å². The normalized spacial score (nSPS) is 13.0. The van der Waals surface area contributed by atoms with Crippen molar-refractivity contribution in [3.05, 3.63) is 0 Å². The molecule has 0 spiro atoms. The maximum absolute atomic E-state index is 9.89. The SMILES string of the molecule is CCC[C@H](O)CCC(=O)[O-]. The van der Waals surface area contributed by atoms with Crippen LogP contribution in [0.1, 0.15) is 32.6 Å². The zero-order valence-corrected chi connectivity index (χ0v) is 6.17. The molecule has 0 aliphatic rings. The minimum atomic E-state index is -1.09. The Hall–Kier alpha value is -0.570. The van der Waals surface area contributed by atoms with Gasteiger partial charge in [-0.15, -0.1) is 0 Å². The van der Waals surface area contributed by atoms with Gasteiger partial charge in [0.25, 0.3) is 0 Å². The van der Waals surface area contributed by atoms with Gasteiger partial charge in [-0.1, -0.05) is 13.3 Å². The molecular formula is C7H13O3-. The van der Waals surface area contributed by atoms with Crippen molar-refractivity contribution in [3.8, 4) is 0 Å². The summed E-state index contributed by atoms with van der Waals surface area (Å²) < 4.78 is 0. The first kappa shape index (κ1) is 9.43. The van der Waals surface area contributed by atoms with E-state index in [9.17, 15) is 9.90 Å². The van der Waals surface area contributed by atoms with E-state index in [1.807, 2.05) is 6.92 Å². The summed E-state index contributed by atoms with van der Waals surface area (Å²) in [4.78, 5) is 9.89. The number of rotatable bonds is 5. The molecule has 0 fully saturated rings. The predicted molar refractivity (Wildman–Crippen MR) is 35.2 cm³/mol. The molecular weight excluding hydrogens is 132 g/mol. The van der Waals surface area contributed by atoms with E-state index in [4.69, 9.17) is 5.11 Å². The molecule has 10 heavy (non-hydrogen) atoms. The maximum atomic E-state index is 9.89. The molecule has 0 saturated heterocycles. The maximum Gasteiger partial charge on any atom is 0.0543 e. The van der Waals surface area contributed by atoms with Gasteiger partial charge in [-0.25, -0.2) is 0 Å². The van der Waals surface area contributed by atoms with Crippen LogP contribution < -0.4 is 5.11 Å². The molecule has 1 atom stereocenters. The number of aliphatic carboxylic acids is 1. The highest BCUT2D eigenvalue weighted by atomic mass is 16.4. The van der Waals surface area contributed by atoms with E-state index >= 15 is 0 Å². The fourth-order valence-electron chi connectivity index (χ4n) is 0.762. The molecule has 0 aromatic heterocycles. The number of carboxylic acid groups (broad SMARTS) is 1. The largest absolute Gasteiger partial charge is 0.550 e. The second-order valence-corrected chi connectivity index (χ2v) is 2.35. The van der Waals surface area contributed by atoms with E-state index in [-0.39, 0.29) is 6.42 Å². The lowest BCUT2D eigenvalue weighted by Gasteiger charge is -2.08. The molecule has 1 N–H and O–H groups in total. The molecule has 3 heteroatoms. The third-order valence-corrected chi connectivity index (χ3v) is 1.30. The second kappa shape index (κ2) is 5.23. The van der Waals surface area contributed by atoms with E-state index in [0.29, 0.717) is 12.8 Å². The van der Waals surface area contributed by atoms with Crippen molar-refractivity contribution in [2.45, 2.75) is 38.7 Å². The molecule has 0 heterocycles. The summed E-state index contributed by atoms with van der Waals surface area (Å²) in [6.07, 6.45) is 1.36. The van der Waals surface area contributed by atoms with Gasteiger partial charge >= 0.3 is 0 Å². The van der Waals surface area contributed by atoms with Crippen LogP contribution in [0.25, 0.3) is 0 Å². The first-order chi connectivity index (χ1) is 4.66. The van der Waals surface area contributed by atoms with Crippen molar-refractivity contribution < 1.29 is 15.0 Å². The fraction of sp³-hybridized carbons (Fsp3) is 0.857. The number of carboxylic acids is 1. The minimum absolute atomic E-state index is 0.0405. The van der Waals surface area contributed by atoms with Gasteiger partial charge in [0.05, 0.1) is 6.10 Å². The van der Waals surface area contributed by atoms with Crippen LogP contribution in [0.2, 0.25) is 0 Å². The number of aliphatic hydroxyl groups excluding tert-OH is 1. The average molecular weight is 145 g/mol. The lowest BCUT2D eigenvalue weighted by Crippen LogP contribution is -2.23. The standard InChI is InChI=1S/C7H14O3/c1-2-3-6(8)4-5-7(9)10/h6,8H,2-5H2,1H3,(H,9,10)/p-1/t6-/m0/s1. The van der Waals surface area contributed by atoms with Crippen LogP contribution in [0, 0.1) is 0 Å². The van der Waals surface area contributed by atoms with Crippen LogP contribution in [0.5, 0.6) is 0 Å². The Balaban J connectivity index is 3.21. The zero-order valence-electron chi connectivity index (χ0n) is 6.17. The summed E-state index contributed by atoms with van der Waals surface area (Å²) in [5.41, 5.74) is 0. The van der Waals surface area contributed by atoms with Crippen LogP contribution >= 0.6 is 0 Å². The Morgan fingerprint density at radius 2 is 2.20 bits per heavy atom. The van der Waals surface area contributed by atoms with Crippen molar-refractivity contribution in [1.82, 2.24) is 0 Å². The first-order valence-electron chi connectivity index (χ1n) is 3.54. The average Bonchev–Trinajstić information content (AvgIpc) is 1.85. The summed E-state index contributed by atoms with van der Waals surface area (Å²) in [6.45, 7) is 1.95. The Labute approximate surface area is 60.7 Å². The molecule has 0 aliphatic carbocycles. The van der Waals surface area contributed by atoms with E-state index in [1.165, 1.54) is 0 Å². The molecule has 0 aromatic carbocycles. The van der Waals surface area contributed by atoms with Crippen molar-refractivity contribution in [1.29, 1.82) is 0 Å². The summed E-state index contributed by atoms with van der Waals surface area (Å²) in [5.74, 6) is -1.09. The molecule has 0 unspecified atom stereocenters. The molecule has 60 valence electrons. The van der Waals surface area contributed by atoms with E-state index in [2.05, 4.69) is 0 Å². The lowest BCUT2D eigenvalue weighted by molar-refractivity contribution is -0.306. The van der Waals surface area contributed by atoms with Gasteiger partial charge in [0, 0.05) is 5.97 Å². The van der Waals surface area contributed by atoms with Crippen LogP contribution in [0.3, 0.4) is 0 Å². The lowest BCUT2D eigenvalue weighted by atomic mass is 10.1. The van der Waals surface area contributed by atoms with Gasteiger partial charge in [-0.05, 0) is 19.3 Å². The predicted octanol–water partition coefficient (Wildman–Crippen LogP) is -0.323. The van der Waals surface area contributed by atoms with Gasteiger partial charge < -0.3 is 15.0 Å². The van der Waals surface area contributed by atoms with Gasteiger partial charge in [-0.3, -0.25) is 0 Å². The van der Waals surface area contributed by atoms with Crippen LogP contribution in [0.4, 0.5) is 0 Å². The van der Waals surface area contributed by atoms with Crippen molar-refractivity contribution in [3.63, 3.8) is 0 Å². The molecule has 0 amide bonds. The third-order valence-electron chi connectivity index (χ3n) is 1.30. The summed E-state index contributed by atoms with van der Waals surface area (Å²) in [7, 11) is 0. The van der Waals surface area contributed by atoms with Crippen LogP contribution in [-0.4, -0.2) is 17.2 Å². The van der Waals surface area contributed by atoms with Crippen molar-refractivity contribution in [2.75, 3.05) is 0 Å². The Morgan fingerprint density at radius 3 is 2.60 bits per heavy atom. The Morgan fingerprint density at radius 1 is 1.60 bits per heavy atom. The molecule has 0 rings (SSSR count). The number of carbonyl (C=O) groups is 1. The molecule has 0 aliphatic heterocycles. The minimum Gasteiger partial charge on any atom is -0.550 e. The number of hydrogen-bond acceptors (Lipinski definition) is 3. The van der Waals surface area contributed by atoms with Gasteiger partial charge in [0.2, 0.25) is 0 Å². The molecule has 0 saturated carbocycles. The van der Waals surface area contributed by atoms with Gasteiger partial charge in [-0.2, -0.15) is 0 Å². The van der Waals surface area contributed by atoms with Crippen LogP contribution in [0.15, 0.2) is 0 Å². The Kier molecular flexibility index (Phi) is 4.94. The summed E-state index contributed by atoms with van der Waals surface area (Å²) >= 11 is 0.